The molecule has 2 aromatic rings. The molecule has 0 radical (unpaired) electrons. The van der Waals surface area contributed by atoms with E-state index in [9.17, 15) is 9.59 Å². The minimum atomic E-state index is -0.362. The van der Waals surface area contributed by atoms with Crippen molar-refractivity contribution >= 4 is 35.0 Å². The number of nitrogens with one attached hydrogen (secondary N) is 2. The van der Waals surface area contributed by atoms with Gasteiger partial charge in [-0.05, 0) is 55.5 Å². The first-order valence-electron chi connectivity index (χ1n) is 8.02. The van der Waals surface area contributed by atoms with Crippen LogP contribution in [0.15, 0.2) is 48.5 Å². The van der Waals surface area contributed by atoms with Gasteiger partial charge in [0.25, 0.3) is 0 Å². The Labute approximate surface area is 157 Å². The fourth-order valence-corrected chi connectivity index (χ4v) is 2.75. The van der Waals surface area contributed by atoms with Gasteiger partial charge >= 0.3 is 0 Å². The van der Waals surface area contributed by atoms with Gasteiger partial charge in [-0.25, -0.2) is 0 Å². The zero-order chi connectivity index (χ0) is 18.9. The van der Waals surface area contributed by atoms with E-state index in [0.717, 1.165) is 11.5 Å². The standard InChI is InChI=1S/C19H22N2O4S/c1-13(19(23)21-15-6-10-17(25-3)11-7-15)26-12-18(22)20-14-4-8-16(24-2)9-5-14/h4-11,13H,12H2,1-3H3,(H,20,22)(H,21,23)/t13-/m1/s1. The number of anilines is 2. The van der Waals surface area contributed by atoms with Gasteiger partial charge in [-0.15, -0.1) is 11.8 Å². The van der Waals surface area contributed by atoms with Crippen LogP contribution in [-0.4, -0.2) is 37.0 Å². The van der Waals surface area contributed by atoms with E-state index in [0.29, 0.717) is 11.4 Å². The highest BCUT2D eigenvalue weighted by Gasteiger charge is 2.15. The maximum atomic E-state index is 12.2. The van der Waals surface area contributed by atoms with E-state index in [4.69, 9.17) is 9.47 Å². The van der Waals surface area contributed by atoms with Crippen LogP contribution >= 0.6 is 11.8 Å². The van der Waals surface area contributed by atoms with Crippen molar-refractivity contribution in [3.05, 3.63) is 48.5 Å². The Morgan fingerprint density at radius 2 is 1.35 bits per heavy atom. The van der Waals surface area contributed by atoms with Gasteiger partial charge in [-0.1, -0.05) is 0 Å². The topological polar surface area (TPSA) is 76.7 Å². The van der Waals surface area contributed by atoms with Gasteiger partial charge in [0.05, 0.1) is 25.2 Å². The average Bonchev–Trinajstić information content (AvgIpc) is 2.67. The highest BCUT2D eigenvalue weighted by Crippen LogP contribution is 2.19. The molecule has 0 aromatic heterocycles. The third-order valence-electron chi connectivity index (χ3n) is 3.56. The van der Waals surface area contributed by atoms with Crippen LogP contribution in [0.1, 0.15) is 6.92 Å². The van der Waals surface area contributed by atoms with Crippen molar-refractivity contribution in [1.29, 1.82) is 0 Å². The lowest BCUT2D eigenvalue weighted by Crippen LogP contribution is -2.25. The zero-order valence-corrected chi connectivity index (χ0v) is 15.8. The maximum absolute atomic E-state index is 12.2. The molecule has 1 atom stereocenters. The van der Waals surface area contributed by atoms with Crippen LogP contribution < -0.4 is 20.1 Å². The predicted octanol–water partition coefficient (Wildman–Crippen LogP) is 3.40. The highest BCUT2D eigenvalue weighted by atomic mass is 32.2. The van der Waals surface area contributed by atoms with Crippen LogP contribution in [0.4, 0.5) is 11.4 Å². The van der Waals surface area contributed by atoms with Crippen molar-refractivity contribution in [3.8, 4) is 11.5 Å². The summed E-state index contributed by atoms with van der Waals surface area (Å²) in [5, 5.41) is 5.24. The first-order chi connectivity index (χ1) is 12.5. The quantitative estimate of drug-likeness (QED) is 0.741. The number of hydrogen-bond acceptors (Lipinski definition) is 5. The molecule has 2 aromatic carbocycles. The summed E-state index contributed by atoms with van der Waals surface area (Å²) in [7, 11) is 3.17. The second-order valence-corrected chi connectivity index (χ2v) is 6.78. The molecule has 0 aliphatic carbocycles. The molecule has 2 rings (SSSR count). The number of ether oxygens (including phenoxy) is 2. The number of thioether (sulfide) groups is 1. The average molecular weight is 374 g/mol. The third-order valence-corrected chi connectivity index (χ3v) is 4.71. The van der Waals surface area contributed by atoms with E-state index in [1.807, 2.05) is 0 Å². The Morgan fingerprint density at radius 1 is 0.885 bits per heavy atom. The van der Waals surface area contributed by atoms with E-state index in [1.54, 1.807) is 69.7 Å². The summed E-state index contributed by atoms with van der Waals surface area (Å²) in [4.78, 5) is 24.2. The molecule has 26 heavy (non-hydrogen) atoms. The van der Waals surface area contributed by atoms with Crippen molar-refractivity contribution in [2.24, 2.45) is 0 Å². The summed E-state index contributed by atoms with van der Waals surface area (Å²) >= 11 is 1.27. The van der Waals surface area contributed by atoms with Crippen molar-refractivity contribution in [2.45, 2.75) is 12.2 Å². The maximum Gasteiger partial charge on any atom is 0.237 e. The lowest BCUT2D eigenvalue weighted by molar-refractivity contribution is -0.115. The number of benzene rings is 2. The van der Waals surface area contributed by atoms with Gasteiger partial charge in [0.1, 0.15) is 11.5 Å². The fraction of sp³-hybridized carbons (Fsp3) is 0.263. The molecule has 7 heteroatoms. The van der Waals surface area contributed by atoms with Gasteiger partial charge in [0.2, 0.25) is 11.8 Å². The minimum Gasteiger partial charge on any atom is -0.497 e. The van der Waals surface area contributed by atoms with Crippen molar-refractivity contribution in [2.75, 3.05) is 30.6 Å². The van der Waals surface area contributed by atoms with E-state index < -0.39 is 0 Å². The minimum absolute atomic E-state index is 0.155. The lowest BCUT2D eigenvalue weighted by Gasteiger charge is -2.12. The molecular formula is C19H22N2O4S. The summed E-state index contributed by atoms with van der Waals surface area (Å²) in [5.74, 6) is 1.31. The summed E-state index contributed by atoms with van der Waals surface area (Å²) in [6.07, 6.45) is 0. The molecule has 0 spiro atoms. The zero-order valence-electron chi connectivity index (χ0n) is 14.9. The summed E-state index contributed by atoms with van der Waals surface area (Å²) < 4.78 is 10.2. The molecule has 0 aliphatic rings. The Balaban J connectivity index is 1.77. The van der Waals surface area contributed by atoms with Crippen LogP contribution in [-0.2, 0) is 9.59 Å². The van der Waals surface area contributed by atoms with E-state index in [1.165, 1.54) is 11.8 Å². The van der Waals surface area contributed by atoms with Gasteiger partial charge in [-0.3, -0.25) is 9.59 Å². The van der Waals surface area contributed by atoms with E-state index >= 15 is 0 Å². The summed E-state index contributed by atoms with van der Waals surface area (Å²) in [5.41, 5.74) is 1.37. The third kappa shape index (κ3) is 6.00. The number of carbonyl (C=O) groups excluding carboxylic acids is 2. The Bertz CT molecular complexity index is 732. The fourth-order valence-electron chi connectivity index (χ4n) is 2.07. The molecular weight excluding hydrogens is 352 g/mol. The second kappa shape index (κ2) is 9.72. The summed E-state index contributed by atoms with van der Waals surface area (Å²) in [6.45, 7) is 1.77. The van der Waals surface area contributed by atoms with Crippen molar-refractivity contribution < 1.29 is 19.1 Å². The smallest absolute Gasteiger partial charge is 0.237 e. The molecule has 2 N–H and O–H groups in total. The normalized spacial score (nSPS) is 11.3. The molecule has 0 unspecified atom stereocenters. The molecule has 138 valence electrons. The predicted molar refractivity (Wildman–Crippen MR) is 105 cm³/mol. The van der Waals surface area contributed by atoms with E-state index in [2.05, 4.69) is 10.6 Å². The van der Waals surface area contributed by atoms with Gasteiger partial charge < -0.3 is 20.1 Å². The molecule has 0 bridgehead atoms. The lowest BCUT2D eigenvalue weighted by atomic mass is 10.3. The molecule has 0 heterocycles. The van der Waals surface area contributed by atoms with Crippen LogP contribution in [0.5, 0.6) is 11.5 Å². The first kappa shape index (κ1) is 19.7. The first-order valence-corrected chi connectivity index (χ1v) is 9.07. The van der Waals surface area contributed by atoms with Crippen LogP contribution in [0.25, 0.3) is 0 Å². The largest absolute Gasteiger partial charge is 0.497 e. The highest BCUT2D eigenvalue weighted by molar-refractivity contribution is 8.01. The van der Waals surface area contributed by atoms with Gasteiger partial charge in [0.15, 0.2) is 0 Å². The van der Waals surface area contributed by atoms with Crippen molar-refractivity contribution in [3.63, 3.8) is 0 Å². The van der Waals surface area contributed by atoms with Crippen LogP contribution in [0, 0.1) is 0 Å². The monoisotopic (exact) mass is 374 g/mol. The van der Waals surface area contributed by atoms with E-state index in [-0.39, 0.29) is 22.8 Å². The van der Waals surface area contributed by atoms with Gasteiger partial charge in [-0.2, -0.15) is 0 Å². The molecule has 0 aliphatic heterocycles. The van der Waals surface area contributed by atoms with Gasteiger partial charge in [0, 0.05) is 11.4 Å². The second-order valence-electron chi connectivity index (χ2n) is 5.45. The molecule has 2 amide bonds. The summed E-state index contributed by atoms with van der Waals surface area (Å²) in [6, 6.07) is 14.2. The Kier molecular flexibility index (Phi) is 7.35. The molecule has 0 saturated heterocycles. The Hall–Kier alpha value is -2.67. The number of amides is 2. The number of hydrogen-bond donors (Lipinski definition) is 2. The Morgan fingerprint density at radius 3 is 1.81 bits per heavy atom. The van der Waals surface area contributed by atoms with Crippen LogP contribution in [0.2, 0.25) is 0 Å². The van der Waals surface area contributed by atoms with Crippen molar-refractivity contribution in [1.82, 2.24) is 0 Å². The molecule has 0 saturated carbocycles. The molecule has 0 fully saturated rings. The number of methoxy groups -OCH3 is 2. The number of rotatable bonds is 8. The van der Waals surface area contributed by atoms with Crippen LogP contribution in [0.3, 0.4) is 0 Å². The number of carbonyl (C=O) groups is 2. The molecule has 6 nitrogen and oxygen atoms in total. The SMILES string of the molecule is COc1ccc(NC(=O)CS[C@H](C)C(=O)Nc2ccc(OC)cc2)cc1.